The number of carbonyl (C=O) groups excluding carboxylic acids is 3. The first-order valence-electron chi connectivity index (χ1n) is 5.17. The van der Waals surface area contributed by atoms with Crippen molar-refractivity contribution in [1.82, 2.24) is 14.8 Å². The van der Waals surface area contributed by atoms with Crippen LogP contribution in [0.2, 0.25) is 0 Å². The van der Waals surface area contributed by atoms with Gasteiger partial charge < -0.3 is 0 Å². The van der Waals surface area contributed by atoms with Gasteiger partial charge >= 0.3 is 17.8 Å². The Morgan fingerprint density at radius 2 is 2.06 bits per heavy atom. The fourth-order valence-corrected chi connectivity index (χ4v) is 2.56. The van der Waals surface area contributed by atoms with Gasteiger partial charge in [0.2, 0.25) is 0 Å². The minimum Gasteiger partial charge on any atom is -0.263 e. The summed E-state index contributed by atoms with van der Waals surface area (Å²) in [6.07, 6.45) is 0.431. The number of urea groups is 1. The van der Waals surface area contributed by atoms with E-state index in [1.807, 2.05) is 5.38 Å². The summed E-state index contributed by atoms with van der Waals surface area (Å²) in [5, 5.41) is 2.61. The van der Waals surface area contributed by atoms with Crippen molar-refractivity contribution < 1.29 is 14.4 Å². The third-order valence-electron chi connectivity index (χ3n) is 2.54. The lowest BCUT2D eigenvalue weighted by Gasteiger charge is -2.11. The second-order valence-electron chi connectivity index (χ2n) is 3.72. The van der Waals surface area contributed by atoms with Crippen molar-refractivity contribution in [3.8, 4) is 0 Å². The summed E-state index contributed by atoms with van der Waals surface area (Å²) in [6, 6.07) is -0.584. The molecular weight excluding hydrogens is 278 g/mol. The molecule has 6 nitrogen and oxygen atoms in total. The number of thiazole rings is 1. The SMILES string of the molecule is CN1C(=O)C(=O)N(CCc2nc(CCl)cs2)C1=O. The smallest absolute Gasteiger partial charge is 0.263 e. The Balaban J connectivity index is 2.00. The molecule has 1 aliphatic rings. The van der Waals surface area contributed by atoms with Gasteiger partial charge in [-0.05, 0) is 0 Å². The standard InChI is InChI=1S/C10H10ClN3O3S/c1-13-8(15)9(16)14(10(13)17)3-2-7-12-6(4-11)5-18-7/h5H,2-4H2,1H3. The van der Waals surface area contributed by atoms with E-state index in [1.54, 1.807) is 0 Å². The Morgan fingerprint density at radius 1 is 1.33 bits per heavy atom. The molecular formula is C10H10ClN3O3S. The first kappa shape index (κ1) is 13.0. The molecule has 18 heavy (non-hydrogen) atoms. The number of halogens is 1. The second-order valence-corrected chi connectivity index (χ2v) is 4.93. The number of hydrogen-bond donors (Lipinski definition) is 0. The van der Waals surface area contributed by atoms with Gasteiger partial charge in [-0.3, -0.25) is 19.4 Å². The lowest BCUT2D eigenvalue weighted by molar-refractivity contribution is -0.142. The van der Waals surface area contributed by atoms with Gasteiger partial charge in [-0.15, -0.1) is 22.9 Å². The molecule has 96 valence electrons. The Kier molecular flexibility index (Phi) is 3.63. The predicted octanol–water partition coefficient (Wildman–Crippen LogP) is 0.845. The molecule has 2 rings (SSSR count). The lowest BCUT2D eigenvalue weighted by atomic mass is 10.4. The van der Waals surface area contributed by atoms with Crippen LogP contribution in [-0.4, -0.2) is 46.2 Å². The van der Waals surface area contributed by atoms with Crippen molar-refractivity contribution in [1.29, 1.82) is 0 Å². The van der Waals surface area contributed by atoms with E-state index in [-0.39, 0.29) is 6.54 Å². The van der Waals surface area contributed by atoms with E-state index < -0.39 is 17.8 Å². The van der Waals surface area contributed by atoms with Gasteiger partial charge in [-0.25, -0.2) is 9.78 Å². The van der Waals surface area contributed by atoms with Gasteiger partial charge in [0.15, 0.2) is 0 Å². The maximum Gasteiger partial charge on any atom is 0.333 e. The topological polar surface area (TPSA) is 70.6 Å². The minimum absolute atomic E-state index is 0.156. The molecule has 0 bridgehead atoms. The summed E-state index contributed by atoms with van der Waals surface area (Å²) in [7, 11) is 1.29. The molecule has 1 saturated heterocycles. The van der Waals surface area contributed by atoms with Gasteiger partial charge in [0.05, 0.1) is 16.6 Å². The fraction of sp³-hybridized carbons (Fsp3) is 0.400. The third-order valence-corrected chi connectivity index (χ3v) is 3.77. The molecule has 2 heterocycles. The monoisotopic (exact) mass is 287 g/mol. The Bertz CT molecular complexity index is 516. The molecule has 1 aromatic rings. The van der Waals surface area contributed by atoms with Crippen molar-refractivity contribution >= 4 is 40.8 Å². The molecule has 0 aliphatic carbocycles. The van der Waals surface area contributed by atoms with Crippen LogP contribution in [0.15, 0.2) is 5.38 Å². The fourth-order valence-electron chi connectivity index (χ4n) is 1.54. The number of hydrogen-bond acceptors (Lipinski definition) is 5. The van der Waals surface area contributed by atoms with E-state index in [4.69, 9.17) is 11.6 Å². The number of likely N-dealkylation sites (N-methyl/N-ethyl adjacent to an activating group) is 1. The maximum absolute atomic E-state index is 11.6. The highest BCUT2D eigenvalue weighted by Gasteiger charge is 2.41. The van der Waals surface area contributed by atoms with Crippen molar-refractivity contribution in [2.24, 2.45) is 0 Å². The van der Waals surface area contributed by atoms with Crippen LogP contribution < -0.4 is 0 Å². The number of nitrogens with zero attached hydrogens (tertiary/aromatic N) is 3. The van der Waals surface area contributed by atoms with E-state index in [0.29, 0.717) is 12.3 Å². The second kappa shape index (κ2) is 5.03. The molecule has 1 aromatic heterocycles. The van der Waals surface area contributed by atoms with Crippen LogP contribution in [0.25, 0.3) is 0 Å². The Labute approximate surface area is 112 Å². The zero-order valence-electron chi connectivity index (χ0n) is 9.55. The van der Waals surface area contributed by atoms with Crippen LogP contribution in [-0.2, 0) is 21.9 Å². The minimum atomic E-state index is -0.791. The van der Waals surface area contributed by atoms with Gasteiger partial charge in [0, 0.05) is 25.4 Å². The number of imide groups is 2. The van der Waals surface area contributed by atoms with E-state index in [1.165, 1.54) is 18.4 Å². The molecule has 8 heteroatoms. The highest BCUT2D eigenvalue weighted by molar-refractivity contribution is 7.09. The average Bonchev–Trinajstić information content (AvgIpc) is 2.90. The van der Waals surface area contributed by atoms with Crippen LogP contribution >= 0.6 is 22.9 Å². The number of carbonyl (C=O) groups is 3. The summed E-state index contributed by atoms with van der Waals surface area (Å²) in [5.74, 6) is -1.24. The summed E-state index contributed by atoms with van der Waals surface area (Å²) in [4.78, 5) is 40.3. The highest BCUT2D eigenvalue weighted by atomic mass is 35.5. The molecule has 4 amide bonds. The van der Waals surface area contributed by atoms with Crippen molar-refractivity contribution in [2.75, 3.05) is 13.6 Å². The van der Waals surface area contributed by atoms with Gasteiger partial charge in [0.1, 0.15) is 0 Å². The van der Waals surface area contributed by atoms with Crippen LogP contribution in [0, 0.1) is 0 Å². The largest absolute Gasteiger partial charge is 0.333 e. The van der Waals surface area contributed by atoms with Crippen molar-refractivity contribution in [2.45, 2.75) is 12.3 Å². The molecule has 0 aromatic carbocycles. The molecule has 0 N–H and O–H groups in total. The first-order chi connectivity index (χ1) is 8.54. The summed E-state index contributed by atoms with van der Waals surface area (Å²) < 4.78 is 0. The molecule has 0 unspecified atom stereocenters. The zero-order valence-corrected chi connectivity index (χ0v) is 11.1. The van der Waals surface area contributed by atoms with E-state index >= 15 is 0 Å². The predicted molar refractivity (Wildman–Crippen MR) is 65.3 cm³/mol. The highest BCUT2D eigenvalue weighted by Crippen LogP contribution is 2.15. The number of amides is 4. The molecule has 0 radical (unpaired) electrons. The first-order valence-corrected chi connectivity index (χ1v) is 6.58. The number of alkyl halides is 1. The van der Waals surface area contributed by atoms with Crippen LogP contribution in [0.3, 0.4) is 0 Å². The Morgan fingerprint density at radius 3 is 2.56 bits per heavy atom. The molecule has 1 fully saturated rings. The van der Waals surface area contributed by atoms with Crippen molar-refractivity contribution in [3.63, 3.8) is 0 Å². The Hall–Kier alpha value is -1.47. The number of rotatable bonds is 4. The molecule has 0 atom stereocenters. The number of aromatic nitrogens is 1. The lowest BCUT2D eigenvalue weighted by Crippen LogP contribution is -2.33. The van der Waals surface area contributed by atoms with Gasteiger partial charge in [0.25, 0.3) is 0 Å². The van der Waals surface area contributed by atoms with Gasteiger partial charge in [-0.1, -0.05) is 0 Å². The summed E-state index contributed by atoms with van der Waals surface area (Å²) in [5.41, 5.74) is 0.768. The maximum atomic E-state index is 11.6. The van der Waals surface area contributed by atoms with Crippen molar-refractivity contribution in [3.05, 3.63) is 16.1 Å². The van der Waals surface area contributed by atoms with Crippen LogP contribution in [0.1, 0.15) is 10.7 Å². The normalized spacial score (nSPS) is 16.0. The van der Waals surface area contributed by atoms with E-state index in [9.17, 15) is 14.4 Å². The van der Waals surface area contributed by atoms with Gasteiger partial charge in [-0.2, -0.15) is 0 Å². The molecule has 0 spiro atoms. The zero-order chi connectivity index (χ0) is 13.3. The van der Waals surface area contributed by atoms with E-state index in [0.717, 1.165) is 20.5 Å². The van der Waals surface area contributed by atoms with E-state index in [2.05, 4.69) is 4.98 Å². The third kappa shape index (κ3) is 2.23. The molecule has 0 saturated carbocycles. The quantitative estimate of drug-likeness (QED) is 0.467. The summed E-state index contributed by atoms with van der Waals surface area (Å²) >= 11 is 7.04. The summed E-state index contributed by atoms with van der Waals surface area (Å²) in [6.45, 7) is 0.156. The van der Waals surface area contributed by atoms with Crippen LogP contribution in [0.4, 0.5) is 4.79 Å². The average molecular weight is 288 g/mol. The molecule has 1 aliphatic heterocycles. The van der Waals surface area contributed by atoms with Crippen LogP contribution in [0.5, 0.6) is 0 Å².